The highest BCUT2D eigenvalue weighted by Gasteiger charge is 2.31. The fraction of sp³-hybridized carbons (Fsp3) is 0.955. The third kappa shape index (κ3) is 79.3. The van der Waals surface area contributed by atoms with Gasteiger partial charge >= 0.3 is 39.5 Å². The number of aliphatic hydroxyl groups excluding tert-OH is 1. The van der Waals surface area contributed by atoms with Crippen LogP contribution in [0.2, 0.25) is 0 Å². The Balaban J connectivity index is 5.25. The summed E-state index contributed by atoms with van der Waals surface area (Å²) < 4.78 is 69.0. The molecule has 0 saturated heterocycles. The average molecular weight is 1580 g/mol. The zero-order chi connectivity index (χ0) is 79.3. The van der Waals surface area contributed by atoms with Crippen molar-refractivity contribution in [3.05, 3.63) is 0 Å². The number of phosphoric ester groups is 2. The molecule has 0 aromatic heterocycles. The van der Waals surface area contributed by atoms with Gasteiger partial charge in [-0.2, -0.15) is 0 Å². The number of esters is 4. The van der Waals surface area contributed by atoms with Crippen LogP contribution in [0.5, 0.6) is 0 Å². The zero-order valence-electron chi connectivity index (χ0n) is 71.3. The van der Waals surface area contributed by atoms with Crippen molar-refractivity contribution in [2.45, 2.75) is 491 Å². The average Bonchev–Trinajstić information content (AvgIpc) is 0.890. The van der Waals surface area contributed by atoms with Crippen LogP contribution in [0.3, 0.4) is 0 Å². The molecule has 4 unspecified atom stereocenters. The van der Waals surface area contributed by atoms with Crippen LogP contribution in [0.1, 0.15) is 472 Å². The largest absolute Gasteiger partial charge is 0.472 e. The van der Waals surface area contributed by atoms with Gasteiger partial charge in [0.2, 0.25) is 0 Å². The van der Waals surface area contributed by atoms with Crippen molar-refractivity contribution in [2.24, 2.45) is 17.8 Å². The minimum absolute atomic E-state index is 0.107. The first-order valence-corrected chi connectivity index (χ1v) is 48.9. The summed E-state index contributed by atoms with van der Waals surface area (Å²) in [7, 11) is -9.93. The Morgan fingerprint density at radius 3 is 0.704 bits per heavy atom. The summed E-state index contributed by atoms with van der Waals surface area (Å²) in [5.74, 6) is 0.334. The first-order valence-electron chi connectivity index (χ1n) is 45.9. The second kappa shape index (κ2) is 78.9. The first-order chi connectivity index (χ1) is 52.3. The van der Waals surface area contributed by atoms with Crippen LogP contribution in [0.4, 0.5) is 0 Å². The highest BCUT2D eigenvalue weighted by Crippen LogP contribution is 2.45. The Morgan fingerprint density at radius 2 is 0.472 bits per heavy atom. The van der Waals surface area contributed by atoms with E-state index in [1.165, 1.54) is 283 Å². The number of carbonyl (C=O) groups is 4. The van der Waals surface area contributed by atoms with Crippen LogP contribution in [-0.4, -0.2) is 96.7 Å². The molecule has 0 aliphatic carbocycles. The van der Waals surface area contributed by atoms with Crippen LogP contribution >= 0.6 is 15.6 Å². The summed E-state index contributed by atoms with van der Waals surface area (Å²) in [6.07, 6.45) is 70.7. The Morgan fingerprint density at radius 1 is 0.269 bits per heavy atom. The molecule has 0 amide bonds. The standard InChI is InChI=1S/C89H174O17P2/c1-8-11-12-13-14-15-16-17-18-19-23-26-31-36-41-49-56-63-70-86(91)99-76-84(105-88(93)72-65-58-51-42-37-32-27-24-21-20-22-25-30-35-40-47-54-61-68-81(6)9-2)78-103-107(95,96)101-74-83(90)75-102-108(97,98)104-79-85(77-100-87(92)71-64-57-50-45-44-48-55-62-69-82(7)10-3)106-89(94)73-66-59-52-43-38-33-28-29-34-39-46-53-60-67-80(4)5/h80-85,90H,8-79H2,1-7H3,(H,95,96)(H,97,98)/t81?,82?,83-,84-,85-/m1/s1. The summed E-state index contributed by atoms with van der Waals surface area (Å²) in [5.41, 5.74) is 0. The first kappa shape index (κ1) is 106. The molecular weight excluding hydrogens is 1400 g/mol. The van der Waals surface area contributed by atoms with E-state index in [2.05, 4.69) is 48.5 Å². The van der Waals surface area contributed by atoms with Gasteiger partial charge in [-0.15, -0.1) is 0 Å². The van der Waals surface area contributed by atoms with E-state index >= 15 is 0 Å². The number of phosphoric acid groups is 2. The fourth-order valence-corrected chi connectivity index (χ4v) is 15.4. The number of unbranched alkanes of at least 4 members (excludes halogenated alkanes) is 53. The topological polar surface area (TPSA) is 237 Å². The van der Waals surface area contributed by atoms with Gasteiger partial charge in [-0.25, -0.2) is 9.13 Å². The zero-order valence-corrected chi connectivity index (χ0v) is 73.1. The van der Waals surface area contributed by atoms with Gasteiger partial charge in [0.1, 0.15) is 19.3 Å². The minimum atomic E-state index is -4.97. The molecule has 0 aromatic carbocycles. The maximum atomic E-state index is 13.2. The molecule has 0 bridgehead atoms. The Labute approximate surface area is 664 Å². The lowest BCUT2D eigenvalue weighted by Gasteiger charge is -2.21. The molecule has 0 spiro atoms. The lowest BCUT2D eigenvalue weighted by Crippen LogP contribution is -2.30. The van der Waals surface area contributed by atoms with E-state index < -0.39 is 97.5 Å². The van der Waals surface area contributed by atoms with Crippen molar-refractivity contribution in [1.29, 1.82) is 0 Å². The van der Waals surface area contributed by atoms with E-state index in [0.717, 1.165) is 108 Å². The maximum absolute atomic E-state index is 13.2. The van der Waals surface area contributed by atoms with Crippen LogP contribution < -0.4 is 0 Å². The fourth-order valence-electron chi connectivity index (χ4n) is 13.8. The van der Waals surface area contributed by atoms with E-state index in [1.807, 2.05) is 0 Å². The van der Waals surface area contributed by atoms with Gasteiger partial charge in [0, 0.05) is 25.7 Å². The Bertz CT molecular complexity index is 2080. The van der Waals surface area contributed by atoms with Crippen molar-refractivity contribution >= 4 is 39.5 Å². The maximum Gasteiger partial charge on any atom is 0.472 e. The second-order valence-corrected chi connectivity index (χ2v) is 35.9. The Hall–Kier alpha value is -1.94. The number of aliphatic hydroxyl groups is 1. The number of rotatable bonds is 87. The molecule has 7 atom stereocenters. The molecule has 0 rings (SSSR count). The van der Waals surface area contributed by atoms with Crippen LogP contribution in [0.15, 0.2) is 0 Å². The smallest absolute Gasteiger partial charge is 0.462 e. The highest BCUT2D eigenvalue weighted by molar-refractivity contribution is 7.47. The van der Waals surface area contributed by atoms with Gasteiger partial charge in [-0.05, 0) is 43.4 Å². The summed E-state index contributed by atoms with van der Waals surface area (Å²) in [6, 6.07) is 0. The molecule has 0 fully saturated rings. The minimum Gasteiger partial charge on any atom is -0.462 e. The van der Waals surface area contributed by atoms with Crippen molar-refractivity contribution in [2.75, 3.05) is 39.6 Å². The van der Waals surface area contributed by atoms with E-state index in [1.54, 1.807) is 0 Å². The molecule has 108 heavy (non-hydrogen) atoms. The summed E-state index contributed by atoms with van der Waals surface area (Å²) >= 11 is 0. The van der Waals surface area contributed by atoms with Gasteiger partial charge in [0.15, 0.2) is 12.2 Å². The van der Waals surface area contributed by atoms with Gasteiger partial charge in [-0.3, -0.25) is 37.3 Å². The van der Waals surface area contributed by atoms with Crippen molar-refractivity contribution in [3.63, 3.8) is 0 Å². The molecule has 642 valence electrons. The van der Waals surface area contributed by atoms with E-state index in [9.17, 15) is 43.2 Å². The van der Waals surface area contributed by atoms with Crippen LogP contribution in [0, 0.1) is 17.8 Å². The molecule has 0 heterocycles. The lowest BCUT2D eigenvalue weighted by molar-refractivity contribution is -0.161. The van der Waals surface area contributed by atoms with Crippen molar-refractivity contribution < 1.29 is 80.2 Å². The van der Waals surface area contributed by atoms with E-state index in [0.29, 0.717) is 25.7 Å². The number of hydrogen-bond donors (Lipinski definition) is 3. The van der Waals surface area contributed by atoms with Gasteiger partial charge in [0.05, 0.1) is 26.4 Å². The summed E-state index contributed by atoms with van der Waals surface area (Å²) in [5, 5.41) is 10.7. The number of hydrogen-bond acceptors (Lipinski definition) is 15. The van der Waals surface area contributed by atoms with Crippen LogP contribution in [0.25, 0.3) is 0 Å². The van der Waals surface area contributed by atoms with Crippen LogP contribution in [-0.2, 0) is 65.4 Å². The summed E-state index contributed by atoms with van der Waals surface area (Å²) in [6.45, 7) is 12.1. The number of carbonyl (C=O) groups excluding carboxylic acids is 4. The molecule has 17 nitrogen and oxygen atoms in total. The van der Waals surface area contributed by atoms with E-state index in [4.69, 9.17) is 37.0 Å². The van der Waals surface area contributed by atoms with Gasteiger partial charge in [0.25, 0.3) is 0 Å². The predicted octanol–water partition coefficient (Wildman–Crippen LogP) is 27.3. The third-order valence-electron chi connectivity index (χ3n) is 21.6. The van der Waals surface area contributed by atoms with Crippen molar-refractivity contribution in [1.82, 2.24) is 0 Å². The molecule has 19 heteroatoms. The number of ether oxygens (including phenoxy) is 4. The Kier molecular flexibility index (Phi) is 77.5. The van der Waals surface area contributed by atoms with Gasteiger partial charge < -0.3 is 33.8 Å². The molecular formula is C89H174O17P2. The molecule has 0 radical (unpaired) electrons. The highest BCUT2D eigenvalue weighted by atomic mass is 31.2. The summed E-state index contributed by atoms with van der Waals surface area (Å²) in [4.78, 5) is 73.4. The molecule has 0 aliphatic heterocycles. The van der Waals surface area contributed by atoms with E-state index in [-0.39, 0.29) is 25.7 Å². The SMILES string of the molecule is CCCCCCCCCCCCCCCCCCCCC(=O)OC[C@H](COP(=O)(O)OC[C@@H](O)COP(=O)(O)OC[C@@H](COC(=O)CCCCCCCCCCC(C)CC)OC(=O)CCCCCCCCCCCCCCCC(C)C)OC(=O)CCCCCCCCCCCCCCCCCCCCC(C)CC. The van der Waals surface area contributed by atoms with Gasteiger partial charge in [-0.1, -0.05) is 421 Å². The normalized spacial score (nSPS) is 14.3. The third-order valence-corrected chi connectivity index (χ3v) is 23.5. The molecule has 0 aromatic rings. The molecule has 0 saturated carbocycles. The molecule has 0 aliphatic rings. The predicted molar refractivity (Wildman–Crippen MR) is 446 cm³/mol. The monoisotopic (exact) mass is 1580 g/mol. The lowest BCUT2D eigenvalue weighted by atomic mass is 9.99. The molecule has 3 N–H and O–H groups in total. The quantitative estimate of drug-likeness (QED) is 0.0222. The van der Waals surface area contributed by atoms with Crippen molar-refractivity contribution in [3.8, 4) is 0 Å². The second-order valence-electron chi connectivity index (χ2n) is 32.9.